The summed E-state index contributed by atoms with van der Waals surface area (Å²) in [6.45, 7) is 0. The molecular formula is C13H7BrCl2N2O3. The van der Waals surface area contributed by atoms with E-state index in [9.17, 15) is 14.9 Å². The van der Waals surface area contributed by atoms with Gasteiger partial charge >= 0.3 is 0 Å². The first-order valence-electron chi connectivity index (χ1n) is 5.58. The number of rotatable bonds is 3. The summed E-state index contributed by atoms with van der Waals surface area (Å²) in [4.78, 5) is 22.2. The van der Waals surface area contributed by atoms with Gasteiger partial charge in [-0.3, -0.25) is 14.9 Å². The lowest BCUT2D eigenvalue weighted by atomic mass is 10.2. The maximum absolute atomic E-state index is 12.1. The van der Waals surface area contributed by atoms with Crippen LogP contribution < -0.4 is 5.32 Å². The normalized spacial score (nSPS) is 10.2. The van der Waals surface area contributed by atoms with Crippen molar-refractivity contribution in [3.63, 3.8) is 0 Å². The first-order valence-corrected chi connectivity index (χ1v) is 7.13. The molecule has 0 radical (unpaired) electrons. The molecule has 0 fully saturated rings. The lowest BCUT2D eigenvalue weighted by Gasteiger charge is -2.07. The highest BCUT2D eigenvalue weighted by molar-refractivity contribution is 9.10. The summed E-state index contributed by atoms with van der Waals surface area (Å²) in [6, 6.07) is 8.56. The molecule has 0 bridgehead atoms. The molecule has 2 aromatic carbocycles. The van der Waals surface area contributed by atoms with Crippen molar-refractivity contribution in [3.8, 4) is 0 Å². The Morgan fingerprint density at radius 2 is 1.90 bits per heavy atom. The summed E-state index contributed by atoms with van der Waals surface area (Å²) in [5.41, 5.74) is 0.311. The molecule has 2 aromatic rings. The maximum atomic E-state index is 12.1. The van der Waals surface area contributed by atoms with Gasteiger partial charge in [-0.2, -0.15) is 0 Å². The van der Waals surface area contributed by atoms with Crippen molar-refractivity contribution in [1.82, 2.24) is 0 Å². The van der Waals surface area contributed by atoms with Gasteiger partial charge in [-0.05, 0) is 40.2 Å². The highest BCUT2D eigenvalue weighted by Gasteiger charge is 2.14. The molecule has 1 N–H and O–H groups in total. The number of benzene rings is 2. The molecule has 0 unspecified atom stereocenters. The van der Waals surface area contributed by atoms with Crippen molar-refractivity contribution in [3.05, 3.63) is 66.6 Å². The van der Waals surface area contributed by atoms with Crippen LogP contribution in [0.4, 0.5) is 11.4 Å². The molecule has 0 atom stereocenters. The maximum Gasteiger partial charge on any atom is 0.271 e. The number of carbonyl (C=O) groups excluding carboxylic acids is 1. The van der Waals surface area contributed by atoms with Gasteiger partial charge < -0.3 is 5.32 Å². The van der Waals surface area contributed by atoms with Crippen LogP contribution >= 0.6 is 39.1 Å². The van der Waals surface area contributed by atoms with E-state index in [0.717, 1.165) is 6.07 Å². The summed E-state index contributed by atoms with van der Waals surface area (Å²) < 4.78 is 0.695. The number of nitrogens with zero attached hydrogens (tertiary/aromatic N) is 1. The average molecular weight is 390 g/mol. The lowest BCUT2D eigenvalue weighted by Crippen LogP contribution is -2.12. The van der Waals surface area contributed by atoms with Gasteiger partial charge in [-0.25, -0.2) is 0 Å². The van der Waals surface area contributed by atoms with Crippen molar-refractivity contribution < 1.29 is 9.72 Å². The largest absolute Gasteiger partial charge is 0.322 e. The number of nitro benzene ring substituents is 1. The van der Waals surface area contributed by atoms with E-state index in [1.165, 1.54) is 12.1 Å². The van der Waals surface area contributed by atoms with E-state index < -0.39 is 10.8 Å². The molecule has 0 aromatic heterocycles. The molecule has 1 amide bonds. The minimum absolute atomic E-state index is 0.0910. The van der Waals surface area contributed by atoms with Crippen LogP contribution in [0.15, 0.2) is 40.9 Å². The van der Waals surface area contributed by atoms with Crippen LogP contribution in [0.2, 0.25) is 10.0 Å². The molecule has 108 valence electrons. The molecule has 0 heterocycles. The van der Waals surface area contributed by atoms with Crippen LogP contribution in [0.3, 0.4) is 0 Å². The standard InChI is InChI=1S/C13H7BrCl2N2O3/c14-11-2-1-9(6-12(11)16)17-13(19)7-3-8(15)5-10(4-7)18(20)21/h1-6H,(H,17,19). The second-order valence-corrected chi connectivity index (χ2v) is 5.74. The summed E-state index contributed by atoms with van der Waals surface area (Å²) >= 11 is 14.9. The Morgan fingerprint density at radius 1 is 1.19 bits per heavy atom. The lowest BCUT2D eigenvalue weighted by molar-refractivity contribution is -0.384. The third-order valence-electron chi connectivity index (χ3n) is 2.53. The topological polar surface area (TPSA) is 72.2 Å². The summed E-state index contributed by atoms with van der Waals surface area (Å²) in [6.07, 6.45) is 0. The number of halogens is 3. The van der Waals surface area contributed by atoms with Crippen molar-refractivity contribution >= 4 is 56.4 Å². The Balaban J connectivity index is 2.27. The fourth-order valence-corrected chi connectivity index (χ4v) is 2.24. The number of non-ortho nitro benzene ring substituents is 1. The van der Waals surface area contributed by atoms with Crippen molar-refractivity contribution in [2.45, 2.75) is 0 Å². The number of nitro groups is 1. The zero-order valence-corrected chi connectivity index (χ0v) is 13.4. The van der Waals surface area contributed by atoms with E-state index in [4.69, 9.17) is 23.2 Å². The van der Waals surface area contributed by atoms with Gasteiger partial charge in [-0.15, -0.1) is 0 Å². The number of amides is 1. The smallest absolute Gasteiger partial charge is 0.271 e. The quantitative estimate of drug-likeness (QED) is 0.598. The molecule has 8 heteroatoms. The molecular weight excluding hydrogens is 383 g/mol. The second-order valence-electron chi connectivity index (χ2n) is 4.04. The first kappa shape index (κ1) is 15.8. The molecule has 0 saturated carbocycles. The van der Waals surface area contributed by atoms with Crippen LogP contribution in [-0.4, -0.2) is 10.8 Å². The number of hydrogen-bond donors (Lipinski definition) is 1. The van der Waals surface area contributed by atoms with Crippen LogP contribution in [0.25, 0.3) is 0 Å². The Hall–Kier alpha value is -1.63. The highest BCUT2D eigenvalue weighted by Crippen LogP contribution is 2.26. The van der Waals surface area contributed by atoms with E-state index >= 15 is 0 Å². The van der Waals surface area contributed by atoms with Crippen molar-refractivity contribution in [2.24, 2.45) is 0 Å². The van der Waals surface area contributed by atoms with Gasteiger partial charge in [0.1, 0.15) is 0 Å². The van der Waals surface area contributed by atoms with Gasteiger partial charge in [-0.1, -0.05) is 23.2 Å². The minimum atomic E-state index is -0.612. The Kier molecular flexibility index (Phi) is 4.82. The first-order chi connectivity index (χ1) is 9.86. The molecule has 0 aliphatic heterocycles. The SMILES string of the molecule is O=C(Nc1ccc(Br)c(Cl)c1)c1cc(Cl)cc([N+](=O)[O-])c1. The fourth-order valence-electron chi connectivity index (χ4n) is 1.59. The molecule has 0 aliphatic carbocycles. The van der Waals surface area contributed by atoms with Crippen molar-refractivity contribution in [1.29, 1.82) is 0 Å². The summed E-state index contributed by atoms with van der Waals surface area (Å²) in [5, 5.41) is 13.9. The van der Waals surface area contributed by atoms with E-state index in [-0.39, 0.29) is 16.3 Å². The Labute approximate surface area is 138 Å². The Morgan fingerprint density at radius 3 is 2.52 bits per heavy atom. The molecule has 0 saturated heterocycles. The van der Waals surface area contributed by atoms with Crippen LogP contribution in [-0.2, 0) is 0 Å². The van der Waals surface area contributed by atoms with E-state index in [1.807, 2.05) is 0 Å². The molecule has 2 rings (SSSR count). The van der Waals surface area contributed by atoms with Crippen LogP contribution in [0, 0.1) is 10.1 Å². The van der Waals surface area contributed by atoms with Gasteiger partial charge in [0.15, 0.2) is 0 Å². The third-order valence-corrected chi connectivity index (χ3v) is 3.98. The van der Waals surface area contributed by atoms with E-state index in [2.05, 4.69) is 21.2 Å². The number of nitrogens with one attached hydrogen (secondary N) is 1. The highest BCUT2D eigenvalue weighted by atomic mass is 79.9. The molecule has 5 nitrogen and oxygen atoms in total. The molecule has 0 spiro atoms. The van der Waals surface area contributed by atoms with E-state index in [0.29, 0.717) is 15.2 Å². The second kappa shape index (κ2) is 6.43. The average Bonchev–Trinajstić information content (AvgIpc) is 2.42. The fraction of sp³-hybridized carbons (Fsp3) is 0. The number of carbonyl (C=O) groups is 1. The number of anilines is 1. The van der Waals surface area contributed by atoms with Gasteiger partial charge in [0.05, 0.1) is 9.95 Å². The molecule has 21 heavy (non-hydrogen) atoms. The van der Waals surface area contributed by atoms with Crippen molar-refractivity contribution in [2.75, 3.05) is 5.32 Å². The van der Waals surface area contributed by atoms with Gasteiger partial charge in [0, 0.05) is 32.9 Å². The predicted molar refractivity (Wildman–Crippen MR) is 85.2 cm³/mol. The van der Waals surface area contributed by atoms with Gasteiger partial charge in [0.2, 0.25) is 0 Å². The van der Waals surface area contributed by atoms with Gasteiger partial charge in [0.25, 0.3) is 11.6 Å². The van der Waals surface area contributed by atoms with Crippen LogP contribution in [0.1, 0.15) is 10.4 Å². The van der Waals surface area contributed by atoms with Crippen LogP contribution in [0.5, 0.6) is 0 Å². The molecule has 0 aliphatic rings. The monoisotopic (exact) mass is 388 g/mol. The summed E-state index contributed by atoms with van der Waals surface area (Å²) in [5.74, 6) is -0.515. The zero-order valence-electron chi connectivity index (χ0n) is 10.3. The minimum Gasteiger partial charge on any atom is -0.322 e. The Bertz CT molecular complexity index is 737. The number of hydrogen-bond acceptors (Lipinski definition) is 3. The van der Waals surface area contributed by atoms with E-state index in [1.54, 1.807) is 18.2 Å². The zero-order chi connectivity index (χ0) is 15.6. The predicted octanol–water partition coefficient (Wildman–Crippen LogP) is 4.92. The third kappa shape index (κ3) is 3.93. The summed E-state index contributed by atoms with van der Waals surface area (Å²) in [7, 11) is 0.